The first-order valence-electron chi connectivity index (χ1n) is 6.82. The molecule has 0 fully saturated rings. The fourth-order valence-electron chi connectivity index (χ4n) is 1.88. The summed E-state index contributed by atoms with van der Waals surface area (Å²) in [5, 5.41) is 3.90. The highest BCUT2D eigenvalue weighted by Crippen LogP contribution is 2.37. The standard InChI is InChI=1S/C15H19ClN2O2S/c1-3-4-17-7-11-5-13(16)15(14(6-11)19-2)20-9-12-8-18-10-21-12/h5-6,8,10,17H,3-4,7,9H2,1-2H3. The van der Waals surface area contributed by atoms with E-state index in [1.54, 1.807) is 30.2 Å². The number of benzene rings is 1. The molecule has 21 heavy (non-hydrogen) atoms. The number of nitrogens with zero attached hydrogens (tertiary/aromatic N) is 1. The SMILES string of the molecule is CCCNCc1cc(Cl)c(OCc2cncs2)c(OC)c1. The van der Waals surface area contributed by atoms with Gasteiger partial charge in [0.15, 0.2) is 11.5 Å². The molecule has 2 rings (SSSR count). The van der Waals surface area contributed by atoms with E-state index in [2.05, 4.69) is 17.2 Å². The maximum absolute atomic E-state index is 6.32. The minimum absolute atomic E-state index is 0.439. The summed E-state index contributed by atoms with van der Waals surface area (Å²) in [4.78, 5) is 5.06. The molecule has 1 heterocycles. The minimum atomic E-state index is 0.439. The van der Waals surface area contributed by atoms with Crippen LogP contribution in [0.2, 0.25) is 5.02 Å². The van der Waals surface area contributed by atoms with Gasteiger partial charge in [0.2, 0.25) is 0 Å². The van der Waals surface area contributed by atoms with Crippen LogP contribution in [0, 0.1) is 0 Å². The third kappa shape index (κ3) is 4.59. The Bertz CT molecular complexity index is 561. The molecule has 0 aliphatic heterocycles. The average Bonchev–Trinajstić information content (AvgIpc) is 2.99. The van der Waals surface area contributed by atoms with Crippen LogP contribution in [0.3, 0.4) is 0 Å². The monoisotopic (exact) mass is 326 g/mol. The van der Waals surface area contributed by atoms with Crippen molar-refractivity contribution in [3.05, 3.63) is 39.3 Å². The lowest BCUT2D eigenvalue weighted by atomic mass is 10.2. The third-order valence-electron chi connectivity index (χ3n) is 2.89. The Balaban J connectivity index is 2.09. The van der Waals surface area contributed by atoms with E-state index >= 15 is 0 Å². The van der Waals surface area contributed by atoms with Gasteiger partial charge in [0.05, 0.1) is 22.5 Å². The first-order chi connectivity index (χ1) is 10.2. The van der Waals surface area contributed by atoms with Crippen LogP contribution in [0.4, 0.5) is 0 Å². The van der Waals surface area contributed by atoms with Gasteiger partial charge < -0.3 is 14.8 Å². The van der Waals surface area contributed by atoms with Crippen molar-refractivity contribution in [1.29, 1.82) is 0 Å². The van der Waals surface area contributed by atoms with Gasteiger partial charge in [0, 0.05) is 12.7 Å². The van der Waals surface area contributed by atoms with Crippen LogP contribution >= 0.6 is 22.9 Å². The first-order valence-corrected chi connectivity index (χ1v) is 8.07. The smallest absolute Gasteiger partial charge is 0.180 e. The molecule has 4 nitrogen and oxygen atoms in total. The summed E-state index contributed by atoms with van der Waals surface area (Å²) in [5.41, 5.74) is 2.86. The second kappa shape index (κ2) is 8.22. The van der Waals surface area contributed by atoms with Crippen molar-refractivity contribution in [1.82, 2.24) is 10.3 Å². The van der Waals surface area contributed by atoms with Crippen LogP contribution in [0.5, 0.6) is 11.5 Å². The predicted octanol–water partition coefficient (Wildman–Crippen LogP) is 3.88. The summed E-state index contributed by atoms with van der Waals surface area (Å²) < 4.78 is 11.2. The van der Waals surface area contributed by atoms with Gasteiger partial charge >= 0.3 is 0 Å². The zero-order valence-corrected chi connectivity index (χ0v) is 13.8. The molecule has 1 N–H and O–H groups in total. The highest BCUT2D eigenvalue weighted by molar-refractivity contribution is 7.09. The molecular formula is C15H19ClN2O2S. The molecule has 0 aliphatic rings. The van der Waals surface area contributed by atoms with Gasteiger partial charge in [0.1, 0.15) is 6.61 Å². The number of hydrogen-bond acceptors (Lipinski definition) is 5. The van der Waals surface area contributed by atoms with Crippen molar-refractivity contribution in [2.24, 2.45) is 0 Å². The molecule has 0 unspecified atom stereocenters. The lowest BCUT2D eigenvalue weighted by Gasteiger charge is -2.14. The molecule has 6 heteroatoms. The summed E-state index contributed by atoms with van der Waals surface area (Å²) in [6, 6.07) is 3.87. The van der Waals surface area contributed by atoms with Gasteiger partial charge in [-0.2, -0.15) is 0 Å². The zero-order valence-electron chi connectivity index (χ0n) is 12.2. The predicted molar refractivity (Wildman–Crippen MR) is 86.4 cm³/mol. The van der Waals surface area contributed by atoms with Crippen LogP contribution in [-0.4, -0.2) is 18.6 Å². The summed E-state index contributed by atoms with van der Waals surface area (Å²) in [7, 11) is 1.62. The van der Waals surface area contributed by atoms with E-state index < -0.39 is 0 Å². The second-order valence-electron chi connectivity index (χ2n) is 4.54. The molecule has 0 radical (unpaired) electrons. The lowest BCUT2D eigenvalue weighted by molar-refractivity contribution is 0.287. The number of ether oxygens (including phenoxy) is 2. The van der Waals surface area contributed by atoms with Crippen molar-refractivity contribution in [2.45, 2.75) is 26.5 Å². The second-order valence-corrected chi connectivity index (χ2v) is 5.92. The van der Waals surface area contributed by atoms with Gasteiger partial charge in [-0.3, -0.25) is 4.98 Å². The first kappa shape index (κ1) is 16.1. The van der Waals surface area contributed by atoms with Gasteiger partial charge in [-0.15, -0.1) is 11.3 Å². The number of hydrogen-bond donors (Lipinski definition) is 1. The largest absolute Gasteiger partial charge is 0.493 e. The van der Waals surface area contributed by atoms with Gasteiger partial charge in [-0.1, -0.05) is 18.5 Å². The molecule has 0 saturated heterocycles. The molecule has 0 bridgehead atoms. The third-order valence-corrected chi connectivity index (χ3v) is 3.92. The summed E-state index contributed by atoms with van der Waals surface area (Å²) in [6.45, 7) is 4.31. The van der Waals surface area contributed by atoms with Crippen LogP contribution in [0.1, 0.15) is 23.8 Å². The van der Waals surface area contributed by atoms with Gasteiger partial charge in [-0.05, 0) is 30.7 Å². The summed E-state index contributed by atoms with van der Waals surface area (Å²) >= 11 is 7.87. The van der Waals surface area contributed by atoms with Crippen LogP contribution in [0.25, 0.3) is 0 Å². The molecule has 0 amide bonds. The highest BCUT2D eigenvalue weighted by Gasteiger charge is 2.12. The zero-order chi connectivity index (χ0) is 15.1. The fourth-order valence-corrected chi connectivity index (χ4v) is 2.68. The molecule has 1 aromatic carbocycles. The van der Waals surface area contributed by atoms with E-state index in [0.717, 1.165) is 30.0 Å². The Morgan fingerprint density at radius 2 is 2.24 bits per heavy atom. The van der Waals surface area contributed by atoms with Crippen molar-refractivity contribution in [3.8, 4) is 11.5 Å². The van der Waals surface area contributed by atoms with E-state index in [1.807, 2.05) is 12.1 Å². The van der Waals surface area contributed by atoms with E-state index in [1.165, 1.54) is 0 Å². The maximum Gasteiger partial charge on any atom is 0.180 e. The van der Waals surface area contributed by atoms with Gasteiger partial charge in [0.25, 0.3) is 0 Å². The van der Waals surface area contributed by atoms with Crippen molar-refractivity contribution < 1.29 is 9.47 Å². The van der Waals surface area contributed by atoms with E-state index in [-0.39, 0.29) is 0 Å². The Kier molecular flexibility index (Phi) is 6.29. The quantitative estimate of drug-likeness (QED) is 0.747. The average molecular weight is 327 g/mol. The van der Waals surface area contributed by atoms with E-state index in [9.17, 15) is 0 Å². The van der Waals surface area contributed by atoms with Crippen molar-refractivity contribution in [2.75, 3.05) is 13.7 Å². The number of nitrogens with one attached hydrogen (secondary N) is 1. The summed E-state index contributed by atoms with van der Waals surface area (Å²) in [6.07, 6.45) is 2.88. The lowest BCUT2D eigenvalue weighted by Crippen LogP contribution is -2.13. The van der Waals surface area contributed by atoms with Crippen LogP contribution in [-0.2, 0) is 13.2 Å². The van der Waals surface area contributed by atoms with Gasteiger partial charge in [-0.25, -0.2) is 0 Å². The van der Waals surface area contributed by atoms with Crippen molar-refractivity contribution >= 4 is 22.9 Å². The molecule has 0 spiro atoms. The summed E-state index contributed by atoms with van der Waals surface area (Å²) in [5.74, 6) is 1.23. The topological polar surface area (TPSA) is 43.4 Å². The normalized spacial score (nSPS) is 10.6. The highest BCUT2D eigenvalue weighted by atomic mass is 35.5. The van der Waals surface area contributed by atoms with Crippen molar-refractivity contribution in [3.63, 3.8) is 0 Å². The number of methoxy groups -OCH3 is 1. The molecule has 2 aromatic rings. The number of aromatic nitrogens is 1. The number of halogens is 1. The molecule has 1 aromatic heterocycles. The molecule has 0 aliphatic carbocycles. The number of rotatable bonds is 8. The van der Waals surface area contributed by atoms with E-state index in [4.69, 9.17) is 21.1 Å². The van der Waals surface area contributed by atoms with Crippen LogP contribution in [0.15, 0.2) is 23.8 Å². The minimum Gasteiger partial charge on any atom is -0.493 e. The Hall–Kier alpha value is -1.30. The molecule has 114 valence electrons. The number of thiazole rings is 1. The fraction of sp³-hybridized carbons (Fsp3) is 0.400. The van der Waals surface area contributed by atoms with E-state index in [0.29, 0.717) is 23.1 Å². The molecule has 0 atom stereocenters. The Labute approximate surface area is 134 Å². The van der Waals surface area contributed by atoms with Crippen LogP contribution < -0.4 is 14.8 Å². The Morgan fingerprint density at radius 1 is 1.38 bits per heavy atom. The molecular weight excluding hydrogens is 308 g/mol. The molecule has 0 saturated carbocycles. The Morgan fingerprint density at radius 3 is 2.90 bits per heavy atom. The maximum atomic E-state index is 6.32.